The van der Waals surface area contributed by atoms with Crippen LogP contribution in [0.15, 0.2) is 30.3 Å². The number of benzene rings is 1. The molecule has 0 amide bonds. The zero-order valence-electron chi connectivity index (χ0n) is 9.39. The summed E-state index contributed by atoms with van der Waals surface area (Å²) in [6, 6.07) is 10.0. The molecule has 16 heavy (non-hydrogen) atoms. The van der Waals surface area contributed by atoms with Crippen LogP contribution < -0.4 is 5.32 Å². The quantitative estimate of drug-likeness (QED) is 0.618. The normalized spacial score (nSPS) is 10.3. The molecule has 0 unspecified atom stereocenters. The molecule has 0 aliphatic rings. The first-order valence-corrected chi connectivity index (χ1v) is 5.49. The van der Waals surface area contributed by atoms with Gasteiger partial charge >= 0.3 is 0 Å². The average molecular weight is 225 g/mol. The summed E-state index contributed by atoms with van der Waals surface area (Å²) < 4.78 is 10.4. The van der Waals surface area contributed by atoms with Crippen molar-refractivity contribution in [2.24, 2.45) is 0 Å². The van der Waals surface area contributed by atoms with E-state index >= 15 is 0 Å². The van der Waals surface area contributed by atoms with Gasteiger partial charge in [-0.25, -0.2) is 0 Å². The summed E-state index contributed by atoms with van der Waals surface area (Å²) in [5, 5.41) is 11.7. The largest absolute Gasteiger partial charge is 0.394 e. The minimum atomic E-state index is 0.0650. The lowest BCUT2D eigenvalue weighted by atomic mass is 10.3. The number of para-hydroxylation sites is 1. The Morgan fingerprint density at radius 3 is 2.31 bits per heavy atom. The van der Waals surface area contributed by atoms with Crippen LogP contribution in [0, 0.1) is 0 Å². The van der Waals surface area contributed by atoms with Crippen molar-refractivity contribution in [1.82, 2.24) is 0 Å². The number of anilines is 1. The lowest BCUT2D eigenvalue weighted by Gasteiger charge is -2.07. The molecule has 4 nitrogen and oxygen atoms in total. The van der Waals surface area contributed by atoms with Gasteiger partial charge in [0.15, 0.2) is 0 Å². The van der Waals surface area contributed by atoms with Gasteiger partial charge in [0.2, 0.25) is 0 Å². The van der Waals surface area contributed by atoms with E-state index in [2.05, 4.69) is 5.32 Å². The van der Waals surface area contributed by atoms with Crippen LogP contribution >= 0.6 is 0 Å². The molecule has 0 saturated carbocycles. The second-order valence-electron chi connectivity index (χ2n) is 3.24. The molecule has 0 aromatic heterocycles. The third-order valence-electron chi connectivity index (χ3n) is 1.96. The molecule has 4 heteroatoms. The van der Waals surface area contributed by atoms with E-state index in [1.807, 2.05) is 30.3 Å². The second kappa shape index (κ2) is 9.15. The second-order valence-corrected chi connectivity index (χ2v) is 3.24. The van der Waals surface area contributed by atoms with E-state index in [9.17, 15) is 0 Å². The molecule has 0 aliphatic carbocycles. The fourth-order valence-corrected chi connectivity index (χ4v) is 1.21. The van der Waals surface area contributed by atoms with E-state index in [0.717, 1.165) is 12.2 Å². The first-order valence-electron chi connectivity index (χ1n) is 5.49. The number of aliphatic hydroxyl groups is 1. The molecule has 0 atom stereocenters. The Bertz CT molecular complexity index is 254. The minimum Gasteiger partial charge on any atom is -0.394 e. The standard InChI is InChI=1S/C12H19NO3/c14-7-9-16-11-10-15-8-6-13-12-4-2-1-3-5-12/h1-5,13-14H,6-11H2. The molecule has 0 saturated heterocycles. The summed E-state index contributed by atoms with van der Waals surface area (Å²) >= 11 is 0. The highest BCUT2D eigenvalue weighted by atomic mass is 16.5. The van der Waals surface area contributed by atoms with Crippen LogP contribution in [0.1, 0.15) is 0 Å². The van der Waals surface area contributed by atoms with Gasteiger partial charge in [0.05, 0.1) is 33.0 Å². The number of nitrogens with one attached hydrogen (secondary N) is 1. The third-order valence-corrected chi connectivity index (χ3v) is 1.96. The smallest absolute Gasteiger partial charge is 0.0701 e. The first-order chi connectivity index (χ1) is 7.93. The molecule has 0 heterocycles. The highest BCUT2D eigenvalue weighted by molar-refractivity contribution is 5.42. The first kappa shape index (κ1) is 13.0. The predicted octanol–water partition coefficient (Wildman–Crippen LogP) is 1.12. The molecule has 0 spiro atoms. The average Bonchev–Trinajstić information content (AvgIpc) is 2.34. The Morgan fingerprint density at radius 2 is 1.62 bits per heavy atom. The van der Waals surface area contributed by atoms with Crippen molar-refractivity contribution in [1.29, 1.82) is 0 Å². The van der Waals surface area contributed by atoms with E-state index in [-0.39, 0.29) is 6.61 Å². The van der Waals surface area contributed by atoms with E-state index in [1.165, 1.54) is 0 Å². The maximum Gasteiger partial charge on any atom is 0.0701 e. The maximum atomic E-state index is 8.46. The van der Waals surface area contributed by atoms with Gasteiger partial charge in [-0.3, -0.25) is 0 Å². The molecule has 1 aromatic carbocycles. The SMILES string of the molecule is OCCOCCOCCNc1ccccc1. The zero-order chi connectivity index (χ0) is 11.5. The predicted molar refractivity (Wildman–Crippen MR) is 63.7 cm³/mol. The minimum absolute atomic E-state index is 0.0650. The third kappa shape index (κ3) is 6.40. The van der Waals surface area contributed by atoms with Crippen LogP contribution in [0.25, 0.3) is 0 Å². The molecule has 0 fully saturated rings. The van der Waals surface area contributed by atoms with Crippen LogP contribution in [0.5, 0.6) is 0 Å². The Morgan fingerprint density at radius 1 is 0.938 bits per heavy atom. The number of hydrogen-bond donors (Lipinski definition) is 2. The molecule has 0 radical (unpaired) electrons. The lowest BCUT2D eigenvalue weighted by molar-refractivity contribution is 0.0361. The molecule has 1 rings (SSSR count). The summed E-state index contributed by atoms with van der Waals surface area (Å²) in [6.45, 7) is 2.98. The van der Waals surface area contributed by atoms with Gasteiger partial charge in [-0.1, -0.05) is 18.2 Å². The molecule has 2 N–H and O–H groups in total. The fraction of sp³-hybridized carbons (Fsp3) is 0.500. The van der Waals surface area contributed by atoms with E-state index < -0.39 is 0 Å². The summed E-state index contributed by atoms with van der Waals surface area (Å²) in [5.41, 5.74) is 1.10. The monoisotopic (exact) mass is 225 g/mol. The van der Waals surface area contributed by atoms with Crippen molar-refractivity contribution in [3.63, 3.8) is 0 Å². The molecule has 0 bridgehead atoms. The Labute approximate surface area is 96.2 Å². The molecular weight excluding hydrogens is 206 g/mol. The highest BCUT2D eigenvalue weighted by Gasteiger charge is 1.91. The molecule has 90 valence electrons. The van der Waals surface area contributed by atoms with Gasteiger partial charge < -0.3 is 19.9 Å². The number of hydrogen-bond acceptors (Lipinski definition) is 4. The summed E-state index contributed by atoms with van der Waals surface area (Å²) in [6.07, 6.45) is 0. The number of aliphatic hydroxyl groups excluding tert-OH is 1. The topological polar surface area (TPSA) is 50.7 Å². The van der Waals surface area contributed by atoms with Gasteiger partial charge in [-0.05, 0) is 12.1 Å². The molecule has 1 aromatic rings. The van der Waals surface area contributed by atoms with Crippen molar-refractivity contribution in [3.05, 3.63) is 30.3 Å². The maximum absolute atomic E-state index is 8.46. The fourth-order valence-electron chi connectivity index (χ4n) is 1.21. The summed E-state index contributed by atoms with van der Waals surface area (Å²) in [4.78, 5) is 0. The van der Waals surface area contributed by atoms with Crippen molar-refractivity contribution >= 4 is 5.69 Å². The zero-order valence-corrected chi connectivity index (χ0v) is 9.39. The lowest BCUT2D eigenvalue weighted by Crippen LogP contribution is -2.13. The van der Waals surface area contributed by atoms with Crippen LogP contribution in [0.4, 0.5) is 5.69 Å². The highest BCUT2D eigenvalue weighted by Crippen LogP contribution is 2.03. The Hall–Kier alpha value is -1.10. The van der Waals surface area contributed by atoms with Gasteiger partial charge in [0, 0.05) is 12.2 Å². The Balaban J connectivity index is 1.89. The molecular formula is C12H19NO3. The molecule has 0 aliphatic heterocycles. The summed E-state index contributed by atoms with van der Waals surface area (Å²) in [5.74, 6) is 0. The van der Waals surface area contributed by atoms with E-state index in [0.29, 0.717) is 26.4 Å². The summed E-state index contributed by atoms with van der Waals surface area (Å²) in [7, 11) is 0. The van der Waals surface area contributed by atoms with Gasteiger partial charge in [0.1, 0.15) is 0 Å². The van der Waals surface area contributed by atoms with Crippen molar-refractivity contribution in [2.45, 2.75) is 0 Å². The van der Waals surface area contributed by atoms with Crippen LogP contribution in [-0.2, 0) is 9.47 Å². The van der Waals surface area contributed by atoms with E-state index in [4.69, 9.17) is 14.6 Å². The number of rotatable bonds is 9. The van der Waals surface area contributed by atoms with Crippen molar-refractivity contribution in [2.75, 3.05) is 44.9 Å². The van der Waals surface area contributed by atoms with Crippen molar-refractivity contribution < 1.29 is 14.6 Å². The Kier molecular flexibility index (Phi) is 7.42. The van der Waals surface area contributed by atoms with Gasteiger partial charge in [0.25, 0.3) is 0 Å². The van der Waals surface area contributed by atoms with E-state index in [1.54, 1.807) is 0 Å². The number of ether oxygens (including phenoxy) is 2. The van der Waals surface area contributed by atoms with Gasteiger partial charge in [-0.2, -0.15) is 0 Å². The van der Waals surface area contributed by atoms with Crippen LogP contribution in [0.3, 0.4) is 0 Å². The van der Waals surface area contributed by atoms with Crippen molar-refractivity contribution in [3.8, 4) is 0 Å². The van der Waals surface area contributed by atoms with Crippen LogP contribution in [0.2, 0.25) is 0 Å². The van der Waals surface area contributed by atoms with Crippen LogP contribution in [-0.4, -0.2) is 44.7 Å². The van der Waals surface area contributed by atoms with Gasteiger partial charge in [-0.15, -0.1) is 0 Å².